The van der Waals surface area contributed by atoms with Gasteiger partial charge in [0, 0.05) is 6.08 Å². The van der Waals surface area contributed by atoms with Gasteiger partial charge in [-0.3, -0.25) is 18.8 Å². The summed E-state index contributed by atoms with van der Waals surface area (Å²) in [5, 5.41) is 25.7. The van der Waals surface area contributed by atoms with Crippen molar-refractivity contribution in [3.05, 3.63) is 11.6 Å². The smallest absolute Gasteiger partial charge is 0.481 e. The minimum absolute atomic E-state index is 0.00893. The highest BCUT2D eigenvalue weighted by Crippen LogP contribution is 2.46. The number of hydrogen-bond acceptors (Lipinski definition) is 12. The number of carboxylic acids is 3. The molecule has 0 spiro atoms. The Morgan fingerprint density at radius 2 is 1.61 bits per heavy atom. The summed E-state index contributed by atoms with van der Waals surface area (Å²) >= 11 is 5.37. The van der Waals surface area contributed by atoms with Crippen molar-refractivity contribution in [2.75, 3.05) is 6.61 Å². The van der Waals surface area contributed by atoms with E-state index in [1.807, 2.05) is 0 Å². The Balaban J connectivity index is 5.52. The van der Waals surface area contributed by atoms with Crippen LogP contribution in [0.5, 0.6) is 0 Å². The van der Waals surface area contributed by atoms with E-state index in [4.69, 9.17) is 31.5 Å². The van der Waals surface area contributed by atoms with Crippen molar-refractivity contribution in [2.24, 2.45) is 0 Å². The van der Waals surface area contributed by atoms with Gasteiger partial charge in [0.15, 0.2) is 5.56 Å². The highest BCUT2D eigenvalue weighted by Gasteiger charge is 2.37. The van der Waals surface area contributed by atoms with Crippen molar-refractivity contribution in [2.45, 2.75) is 18.1 Å². The van der Waals surface area contributed by atoms with Crippen LogP contribution in [-0.2, 0) is 56.9 Å². The minimum Gasteiger partial charge on any atom is -0.481 e. The molecule has 20 heteroatoms. The van der Waals surface area contributed by atoms with E-state index in [1.165, 1.54) is 0 Å². The maximum Gasteiger partial charge on any atom is 0.530 e. The van der Waals surface area contributed by atoms with Crippen molar-refractivity contribution in [1.29, 1.82) is 0 Å². The Hall–Kier alpha value is -2.60. The first-order valence-electron chi connectivity index (χ1n) is 7.03. The summed E-state index contributed by atoms with van der Waals surface area (Å²) in [6.45, 7) is -1.38. The normalized spacial score (nSPS) is 15.8. The zero-order valence-electron chi connectivity index (χ0n) is 14.5. The van der Waals surface area contributed by atoms with Gasteiger partial charge < -0.3 is 24.6 Å². The molecular formula is C11H12ClO17PS. The van der Waals surface area contributed by atoms with E-state index in [1.54, 1.807) is 0 Å². The number of hydrogen-bond donors (Lipinski definition) is 5. The standard InChI is InChI=1S/C11H12ClO17PS/c12-8(29-31(23,24)25)5(3-26-11(20)10(18)19)27-30(21,22)28-7(15)2-4(9(16)17)1-6(13)14/h2,5,8H,1,3H2,(H,13,14)(H,16,17)(H,18,19)(H,21,22)(H,23,24,25). The molecular weight excluding hydrogens is 503 g/mol. The number of alkyl halides is 1. The van der Waals surface area contributed by atoms with Crippen LogP contribution in [0.15, 0.2) is 11.6 Å². The van der Waals surface area contributed by atoms with Gasteiger partial charge in [-0.2, -0.15) is 8.42 Å². The van der Waals surface area contributed by atoms with E-state index < -0.39 is 78.3 Å². The molecule has 0 aromatic heterocycles. The molecule has 0 aliphatic heterocycles. The first-order chi connectivity index (χ1) is 13.9. The molecule has 176 valence electrons. The Labute approximate surface area is 176 Å². The van der Waals surface area contributed by atoms with Crippen LogP contribution in [0.3, 0.4) is 0 Å². The largest absolute Gasteiger partial charge is 0.530 e. The summed E-state index contributed by atoms with van der Waals surface area (Å²) in [6, 6.07) is 0. The van der Waals surface area contributed by atoms with Crippen LogP contribution in [0.4, 0.5) is 0 Å². The van der Waals surface area contributed by atoms with Gasteiger partial charge in [0.25, 0.3) is 0 Å². The summed E-state index contributed by atoms with van der Waals surface area (Å²) in [7, 11) is -11.0. The van der Waals surface area contributed by atoms with Crippen molar-refractivity contribution < 1.29 is 79.7 Å². The van der Waals surface area contributed by atoms with Crippen LogP contribution < -0.4 is 0 Å². The minimum atomic E-state index is -5.64. The number of esters is 1. The molecule has 5 N–H and O–H groups in total. The molecule has 31 heavy (non-hydrogen) atoms. The highest BCUT2D eigenvalue weighted by molar-refractivity contribution is 7.81. The first-order valence-corrected chi connectivity index (χ1v) is 10.3. The predicted molar refractivity (Wildman–Crippen MR) is 89.6 cm³/mol. The second-order valence-corrected chi connectivity index (χ2v) is 7.66. The van der Waals surface area contributed by atoms with Gasteiger partial charge >= 0.3 is 48.1 Å². The molecule has 0 rings (SSSR count). The van der Waals surface area contributed by atoms with Crippen LogP contribution in [-0.4, -0.2) is 81.3 Å². The zero-order chi connectivity index (χ0) is 24.6. The van der Waals surface area contributed by atoms with E-state index in [9.17, 15) is 41.8 Å². The number of halogens is 1. The van der Waals surface area contributed by atoms with Gasteiger partial charge in [0.2, 0.25) is 0 Å². The molecule has 0 amide bonds. The number of rotatable bonds is 12. The maximum absolute atomic E-state index is 11.9. The van der Waals surface area contributed by atoms with E-state index in [0.717, 1.165) is 0 Å². The van der Waals surface area contributed by atoms with E-state index in [-0.39, 0.29) is 6.08 Å². The van der Waals surface area contributed by atoms with Crippen LogP contribution in [0.1, 0.15) is 6.42 Å². The molecule has 0 heterocycles. The van der Waals surface area contributed by atoms with Crippen molar-refractivity contribution in [3.63, 3.8) is 0 Å². The summed E-state index contributed by atoms with van der Waals surface area (Å²) in [5.41, 5.74) is -3.53. The lowest BCUT2D eigenvalue weighted by molar-refractivity contribution is -0.166. The average molecular weight is 515 g/mol. The monoisotopic (exact) mass is 514 g/mol. The van der Waals surface area contributed by atoms with Crippen molar-refractivity contribution in [1.82, 2.24) is 0 Å². The van der Waals surface area contributed by atoms with Crippen molar-refractivity contribution in [3.8, 4) is 0 Å². The third-order valence-corrected chi connectivity index (χ3v) is 4.32. The number of aliphatic carboxylic acids is 3. The third kappa shape index (κ3) is 12.6. The van der Waals surface area contributed by atoms with Crippen LogP contribution in [0.25, 0.3) is 0 Å². The van der Waals surface area contributed by atoms with Gasteiger partial charge in [-0.15, -0.1) is 0 Å². The number of ether oxygens (including phenoxy) is 1. The summed E-state index contributed by atoms with van der Waals surface area (Å²) in [6.07, 6.45) is -3.55. The molecule has 0 aromatic rings. The second kappa shape index (κ2) is 11.7. The Kier molecular flexibility index (Phi) is 10.7. The topological polar surface area (TPSA) is 275 Å². The predicted octanol–water partition coefficient (Wildman–Crippen LogP) is -1.49. The van der Waals surface area contributed by atoms with Gasteiger partial charge in [0.1, 0.15) is 12.7 Å². The van der Waals surface area contributed by atoms with E-state index in [2.05, 4.69) is 18.0 Å². The highest BCUT2D eigenvalue weighted by atomic mass is 35.5. The molecule has 0 bridgehead atoms. The summed E-state index contributed by atoms with van der Waals surface area (Å²) in [5.74, 6) is -9.60. The van der Waals surface area contributed by atoms with Crippen LogP contribution in [0.2, 0.25) is 0 Å². The van der Waals surface area contributed by atoms with Gasteiger partial charge in [0.05, 0.1) is 12.0 Å². The summed E-state index contributed by atoms with van der Waals surface area (Å²) < 4.78 is 57.8. The molecule has 17 nitrogen and oxygen atoms in total. The molecule has 3 atom stereocenters. The molecule has 0 aliphatic carbocycles. The van der Waals surface area contributed by atoms with E-state index >= 15 is 0 Å². The van der Waals surface area contributed by atoms with Gasteiger partial charge in [-0.25, -0.2) is 27.9 Å². The lowest BCUT2D eigenvalue weighted by Crippen LogP contribution is -2.35. The first kappa shape index (κ1) is 28.4. The summed E-state index contributed by atoms with van der Waals surface area (Å²) in [4.78, 5) is 63.7. The lowest BCUT2D eigenvalue weighted by Gasteiger charge is -2.22. The van der Waals surface area contributed by atoms with Gasteiger partial charge in [-0.1, -0.05) is 11.6 Å². The zero-order valence-corrected chi connectivity index (χ0v) is 17.0. The molecule has 0 saturated carbocycles. The fourth-order valence-corrected chi connectivity index (χ4v) is 3.04. The number of carbonyl (C=O) groups excluding carboxylic acids is 2. The molecule has 0 aromatic carbocycles. The van der Waals surface area contributed by atoms with Crippen LogP contribution >= 0.6 is 19.4 Å². The molecule has 3 unspecified atom stereocenters. The molecule has 0 fully saturated rings. The SMILES string of the molecule is O=C(O)CC(=CC(=O)OP(=O)(O)OC(COC(=O)C(=O)O)C(Cl)OS(=O)(=O)O)C(=O)O. The van der Waals surface area contributed by atoms with Crippen LogP contribution in [0, 0.1) is 0 Å². The molecule has 0 aliphatic rings. The fourth-order valence-electron chi connectivity index (χ4n) is 1.38. The Morgan fingerprint density at radius 3 is 2.03 bits per heavy atom. The lowest BCUT2D eigenvalue weighted by atomic mass is 10.2. The Bertz CT molecular complexity index is 922. The number of carboxylic acid groups (broad SMARTS) is 3. The Morgan fingerprint density at radius 1 is 1.06 bits per heavy atom. The quantitative estimate of drug-likeness (QED) is 0.0495. The van der Waals surface area contributed by atoms with Gasteiger partial charge in [-0.05, 0) is 0 Å². The number of carbonyl (C=O) groups is 5. The maximum atomic E-state index is 11.9. The third-order valence-electron chi connectivity index (χ3n) is 2.44. The molecule has 0 saturated heterocycles. The number of phosphoric acid groups is 1. The van der Waals surface area contributed by atoms with Crippen molar-refractivity contribution >= 4 is 59.7 Å². The fraction of sp³-hybridized carbons (Fsp3) is 0.364. The number of phosphoric ester groups is 1. The second-order valence-electron chi connectivity index (χ2n) is 4.85. The molecule has 0 radical (unpaired) electrons. The van der Waals surface area contributed by atoms with E-state index in [0.29, 0.717) is 0 Å². The average Bonchev–Trinajstić information content (AvgIpc) is 2.54.